The van der Waals surface area contributed by atoms with Crippen LogP contribution in [0.1, 0.15) is 30.6 Å². The third-order valence-corrected chi connectivity index (χ3v) is 2.09. The Bertz CT molecular complexity index is 356. The molecule has 1 heterocycles. The van der Waals surface area contributed by atoms with E-state index >= 15 is 0 Å². The summed E-state index contributed by atoms with van der Waals surface area (Å²) in [4.78, 5) is 22.5. The number of rotatable bonds is 5. The Hall–Kier alpha value is -1.78. The third-order valence-electron chi connectivity index (χ3n) is 2.09. The van der Waals surface area contributed by atoms with Gasteiger partial charge in [0.1, 0.15) is 12.3 Å². The second-order valence-electron chi connectivity index (χ2n) is 4.01. The first kappa shape index (κ1) is 12.3. The molecule has 0 bridgehead atoms. The highest BCUT2D eigenvalue weighted by Gasteiger charge is 2.21. The Morgan fingerprint density at radius 2 is 2.19 bits per heavy atom. The van der Waals surface area contributed by atoms with Crippen molar-refractivity contribution in [3.05, 3.63) is 24.2 Å². The van der Waals surface area contributed by atoms with Gasteiger partial charge in [0.25, 0.3) is 5.91 Å². The highest BCUT2D eigenvalue weighted by atomic mass is 16.4. The minimum absolute atomic E-state index is 0.200. The fourth-order valence-corrected chi connectivity index (χ4v) is 1.33. The van der Waals surface area contributed by atoms with E-state index in [1.54, 1.807) is 0 Å². The predicted molar refractivity (Wildman–Crippen MR) is 57.1 cm³/mol. The third kappa shape index (κ3) is 3.42. The van der Waals surface area contributed by atoms with E-state index in [2.05, 4.69) is 5.32 Å². The number of amides is 1. The van der Waals surface area contributed by atoms with Crippen LogP contribution in [0.5, 0.6) is 0 Å². The lowest BCUT2D eigenvalue weighted by Gasteiger charge is -2.15. The molecule has 0 saturated heterocycles. The van der Waals surface area contributed by atoms with E-state index in [9.17, 15) is 9.59 Å². The molecule has 1 rings (SSSR count). The molecule has 0 radical (unpaired) electrons. The summed E-state index contributed by atoms with van der Waals surface area (Å²) in [5.41, 5.74) is 0.329. The van der Waals surface area contributed by atoms with Gasteiger partial charge in [0, 0.05) is 0 Å². The highest BCUT2D eigenvalue weighted by molar-refractivity contribution is 5.96. The molecule has 0 aromatic carbocycles. The van der Waals surface area contributed by atoms with Gasteiger partial charge in [0.2, 0.25) is 0 Å². The van der Waals surface area contributed by atoms with E-state index in [0.29, 0.717) is 12.0 Å². The standard InChI is InChI=1S/C11H15NO4/c1-7(2)5-9(11(14)15)12-10(13)8-3-4-16-6-8/h3-4,6-7,9H,5H2,1-2H3,(H,12,13)(H,14,15)/t9-/m1/s1. The summed E-state index contributed by atoms with van der Waals surface area (Å²) in [5.74, 6) is -1.25. The Morgan fingerprint density at radius 1 is 1.50 bits per heavy atom. The molecule has 1 atom stereocenters. The first-order valence-corrected chi connectivity index (χ1v) is 5.06. The molecule has 0 aliphatic heterocycles. The topological polar surface area (TPSA) is 79.5 Å². The normalized spacial score (nSPS) is 12.4. The van der Waals surface area contributed by atoms with E-state index in [1.165, 1.54) is 18.6 Å². The maximum absolute atomic E-state index is 11.6. The maximum Gasteiger partial charge on any atom is 0.326 e. The van der Waals surface area contributed by atoms with Gasteiger partial charge in [-0.05, 0) is 18.4 Å². The maximum atomic E-state index is 11.6. The molecule has 0 fully saturated rings. The highest BCUT2D eigenvalue weighted by Crippen LogP contribution is 2.07. The average Bonchev–Trinajstić information content (AvgIpc) is 2.68. The average molecular weight is 225 g/mol. The van der Waals surface area contributed by atoms with E-state index in [1.807, 2.05) is 13.8 Å². The van der Waals surface area contributed by atoms with Crippen molar-refractivity contribution >= 4 is 11.9 Å². The number of nitrogens with one attached hydrogen (secondary N) is 1. The van der Waals surface area contributed by atoms with E-state index in [0.717, 1.165) is 0 Å². The molecule has 1 aromatic heterocycles. The van der Waals surface area contributed by atoms with Gasteiger partial charge >= 0.3 is 5.97 Å². The summed E-state index contributed by atoms with van der Waals surface area (Å²) in [6.07, 6.45) is 3.05. The van der Waals surface area contributed by atoms with Crippen molar-refractivity contribution in [3.63, 3.8) is 0 Å². The molecular weight excluding hydrogens is 210 g/mol. The van der Waals surface area contributed by atoms with Crippen LogP contribution in [-0.2, 0) is 4.79 Å². The van der Waals surface area contributed by atoms with Gasteiger partial charge in [-0.25, -0.2) is 4.79 Å². The van der Waals surface area contributed by atoms with E-state index in [4.69, 9.17) is 9.52 Å². The number of carbonyl (C=O) groups is 2. The Balaban J connectivity index is 2.62. The molecule has 1 aromatic rings. The number of carbonyl (C=O) groups excluding carboxylic acids is 1. The summed E-state index contributed by atoms with van der Waals surface area (Å²) in [5, 5.41) is 11.4. The van der Waals surface area contributed by atoms with Crippen molar-refractivity contribution in [3.8, 4) is 0 Å². The molecule has 16 heavy (non-hydrogen) atoms. The zero-order chi connectivity index (χ0) is 12.1. The lowest BCUT2D eigenvalue weighted by Crippen LogP contribution is -2.41. The van der Waals surface area contributed by atoms with E-state index < -0.39 is 17.9 Å². The first-order chi connectivity index (χ1) is 7.50. The second-order valence-corrected chi connectivity index (χ2v) is 4.01. The van der Waals surface area contributed by atoms with Crippen LogP contribution in [0.2, 0.25) is 0 Å². The van der Waals surface area contributed by atoms with Gasteiger partial charge in [0.15, 0.2) is 0 Å². The largest absolute Gasteiger partial charge is 0.480 e. The molecule has 0 aliphatic carbocycles. The van der Waals surface area contributed by atoms with Crippen LogP contribution in [0.15, 0.2) is 23.0 Å². The Labute approximate surface area is 93.4 Å². The van der Waals surface area contributed by atoms with Crippen LogP contribution >= 0.6 is 0 Å². The summed E-state index contributed by atoms with van der Waals surface area (Å²) >= 11 is 0. The van der Waals surface area contributed by atoms with Gasteiger partial charge in [0.05, 0.1) is 11.8 Å². The Morgan fingerprint density at radius 3 is 2.62 bits per heavy atom. The minimum Gasteiger partial charge on any atom is -0.480 e. The number of furan rings is 1. The number of aliphatic carboxylic acids is 1. The van der Waals surface area contributed by atoms with Gasteiger partial charge in [-0.3, -0.25) is 4.79 Å². The van der Waals surface area contributed by atoms with Gasteiger partial charge in [-0.15, -0.1) is 0 Å². The smallest absolute Gasteiger partial charge is 0.326 e. The van der Waals surface area contributed by atoms with Gasteiger partial charge < -0.3 is 14.8 Å². The lowest BCUT2D eigenvalue weighted by atomic mass is 10.0. The predicted octanol–water partition coefficient (Wildman–Crippen LogP) is 1.51. The molecule has 88 valence electrons. The monoisotopic (exact) mass is 225 g/mol. The minimum atomic E-state index is -1.02. The van der Waals surface area contributed by atoms with Crippen LogP contribution in [0, 0.1) is 5.92 Å². The van der Waals surface area contributed by atoms with Crippen molar-refractivity contribution < 1.29 is 19.1 Å². The number of carboxylic acid groups (broad SMARTS) is 1. The number of hydrogen-bond donors (Lipinski definition) is 2. The van der Waals surface area contributed by atoms with Gasteiger partial charge in [-0.1, -0.05) is 13.8 Å². The van der Waals surface area contributed by atoms with Crippen molar-refractivity contribution in [1.29, 1.82) is 0 Å². The van der Waals surface area contributed by atoms with Crippen LogP contribution in [-0.4, -0.2) is 23.0 Å². The zero-order valence-electron chi connectivity index (χ0n) is 9.27. The summed E-state index contributed by atoms with van der Waals surface area (Å²) < 4.78 is 4.75. The van der Waals surface area contributed by atoms with Gasteiger partial charge in [-0.2, -0.15) is 0 Å². The molecule has 2 N–H and O–H groups in total. The van der Waals surface area contributed by atoms with Crippen LogP contribution in [0.4, 0.5) is 0 Å². The number of carboxylic acids is 1. The molecule has 0 aliphatic rings. The van der Waals surface area contributed by atoms with Crippen molar-refractivity contribution in [2.75, 3.05) is 0 Å². The molecule has 0 spiro atoms. The first-order valence-electron chi connectivity index (χ1n) is 5.06. The Kier molecular flexibility index (Phi) is 4.10. The molecule has 0 unspecified atom stereocenters. The number of hydrogen-bond acceptors (Lipinski definition) is 3. The molecule has 0 saturated carbocycles. The molecular formula is C11H15NO4. The van der Waals surface area contributed by atoms with Crippen molar-refractivity contribution in [2.45, 2.75) is 26.3 Å². The van der Waals surface area contributed by atoms with Crippen molar-refractivity contribution in [1.82, 2.24) is 5.32 Å². The van der Waals surface area contributed by atoms with Crippen LogP contribution in [0.25, 0.3) is 0 Å². The summed E-state index contributed by atoms with van der Waals surface area (Å²) in [6, 6.07) is 0.631. The fraction of sp³-hybridized carbons (Fsp3) is 0.455. The zero-order valence-corrected chi connectivity index (χ0v) is 9.27. The summed E-state index contributed by atoms with van der Waals surface area (Å²) in [6.45, 7) is 3.81. The fourth-order valence-electron chi connectivity index (χ4n) is 1.33. The second kappa shape index (κ2) is 5.34. The molecule has 5 nitrogen and oxygen atoms in total. The SMILES string of the molecule is CC(C)C[C@@H](NC(=O)c1ccoc1)C(=O)O. The lowest BCUT2D eigenvalue weighted by molar-refractivity contribution is -0.139. The quantitative estimate of drug-likeness (QED) is 0.796. The molecule has 5 heteroatoms. The molecule has 1 amide bonds. The van der Waals surface area contributed by atoms with Crippen LogP contribution in [0.3, 0.4) is 0 Å². The van der Waals surface area contributed by atoms with Crippen LogP contribution < -0.4 is 5.32 Å². The van der Waals surface area contributed by atoms with E-state index in [-0.39, 0.29) is 5.92 Å². The van der Waals surface area contributed by atoms with Crippen molar-refractivity contribution in [2.24, 2.45) is 5.92 Å². The summed E-state index contributed by atoms with van der Waals surface area (Å²) in [7, 11) is 0.